The van der Waals surface area contributed by atoms with E-state index in [0.29, 0.717) is 6.04 Å². The van der Waals surface area contributed by atoms with Gasteiger partial charge in [0.2, 0.25) is 0 Å². The molecule has 1 unspecified atom stereocenters. The van der Waals surface area contributed by atoms with E-state index in [1.165, 1.54) is 23.4 Å². The van der Waals surface area contributed by atoms with Crippen LogP contribution in [-0.4, -0.2) is 32.8 Å². The van der Waals surface area contributed by atoms with Crippen LogP contribution in [0.5, 0.6) is 0 Å². The Balaban J connectivity index is 2.09. The molecule has 2 N–H and O–H groups in total. The molecule has 1 aromatic heterocycles. The average molecular weight is 255 g/mol. The van der Waals surface area contributed by atoms with Gasteiger partial charge in [-0.2, -0.15) is 5.10 Å². The zero-order valence-corrected chi connectivity index (χ0v) is 11.5. The first-order valence-electron chi connectivity index (χ1n) is 6.15. The molecule has 0 bridgehead atoms. The largest absolute Gasteiger partial charge is 0.395 e. The van der Waals surface area contributed by atoms with Gasteiger partial charge in [0.25, 0.3) is 0 Å². The van der Waals surface area contributed by atoms with Crippen LogP contribution in [-0.2, 0) is 13.6 Å². The van der Waals surface area contributed by atoms with Gasteiger partial charge in [-0.25, -0.2) is 0 Å². The fraction of sp³-hybridized carbons (Fsp3) is 0.750. The SMILES string of the molecule is Cc1nn(C)c(SC(C)CO)c1CNC1CC1. The standard InChI is InChI=1S/C12H21N3OS/c1-8(7-16)17-12-11(6-13-10-4-5-10)9(2)14-15(12)3/h8,10,13,16H,4-7H2,1-3H3. The lowest BCUT2D eigenvalue weighted by molar-refractivity contribution is 0.300. The minimum Gasteiger partial charge on any atom is -0.395 e. The second-order valence-electron chi connectivity index (χ2n) is 4.76. The van der Waals surface area contributed by atoms with E-state index in [0.717, 1.165) is 12.2 Å². The zero-order chi connectivity index (χ0) is 12.4. The first-order chi connectivity index (χ1) is 8.11. The smallest absolute Gasteiger partial charge is 0.0987 e. The third kappa shape index (κ3) is 3.24. The van der Waals surface area contributed by atoms with Crippen molar-refractivity contribution in [1.82, 2.24) is 15.1 Å². The summed E-state index contributed by atoms with van der Waals surface area (Å²) in [5.74, 6) is 0. The van der Waals surface area contributed by atoms with E-state index in [9.17, 15) is 0 Å². The fourth-order valence-electron chi connectivity index (χ4n) is 1.79. The van der Waals surface area contributed by atoms with Crippen molar-refractivity contribution in [3.05, 3.63) is 11.3 Å². The first kappa shape index (κ1) is 12.9. The molecule has 1 aliphatic rings. The fourth-order valence-corrected chi connectivity index (χ4v) is 2.80. The van der Waals surface area contributed by atoms with Gasteiger partial charge in [0.15, 0.2) is 0 Å². The van der Waals surface area contributed by atoms with Crippen LogP contribution in [0, 0.1) is 6.92 Å². The Morgan fingerprint density at radius 1 is 1.59 bits per heavy atom. The molecule has 4 nitrogen and oxygen atoms in total. The molecule has 0 saturated heterocycles. The van der Waals surface area contributed by atoms with Gasteiger partial charge in [0.05, 0.1) is 17.3 Å². The number of rotatable bonds is 6. The van der Waals surface area contributed by atoms with Gasteiger partial charge in [0, 0.05) is 30.4 Å². The molecule has 0 spiro atoms. The summed E-state index contributed by atoms with van der Waals surface area (Å²) < 4.78 is 1.93. The van der Waals surface area contributed by atoms with E-state index in [1.54, 1.807) is 11.8 Å². The summed E-state index contributed by atoms with van der Waals surface area (Å²) in [6.45, 7) is 5.18. The summed E-state index contributed by atoms with van der Waals surface area (Å²) in [7, 11) is 1.97. The van der Waals surface area contributed by atoms with Gasteiger partial charge >= 0.3 is 0 Å². The second kappa shape index (κ2) is 5.42. The topological polar surface area (TPSA) is 50.1 Å². The van der Waals surface area contributed by atoms with Crippen molar-refractivity contribution >= 4 is 11.8 Å². The number of aromatic nitrogens is 2. The third-order valence-electron chi connectivity index (χ3n) is 3.00. The van der Waals surface area contributed by atoms with Crippen LogP contribution in [0.4, 0.5) is 0 Å². The van der Waals surface area contributed by atoms with Crippen molar-refractivity contribution in [2.75, 3.05) is 6.61 Å². The van der Waals surface area contributed by atoms with Crippen LogP contribution in [0.1, 0.15) is 31.0 Å². The molecular formula is C12H21N3OS. The highest BCUT2D eigenvalue weighted by molar-refractivity contribution is 7.99. The number of aliphatic hydroxyl groups excluding tert-OH is 1. The molecule has 2 rings (SSSR count). The summed E-state index contributed by atoms with van der Waals surface area (Å²) in [5.41, 5.74) is 2.37. The third-order valence-corrected chi connectivity index (χ3v) is 4.29. The molecule has 1 aliphatic carbocycles. The maximum Gasteiger partial charge on any atom is 0.0987 e. The molecule has 1 saturated carbocycles. The molecule has 1 aromatic rings. The van der Waals surface area contributed by atoms with Crippen molar-refractivity contribution < 1.29 is 5.11 Å². The number of hydrogen-bond donors (Lipinski definition) is 2. The lowest BCUT2D eigenvalue weighted by Gasteiger charge is -2.11. The average Bonchev–Trinajstić information content (AvgIpc) is 3.07. The van der Waals surface area contributed by atoms with Crippen LogP contribution in [0.3, 0.4) is 0 Å². The number of nitrogens with zero attached hydrogens (tertiary/aromatic N) is 2. The second-order valence-corrected chi connectivity index (χ2v) is 6.19. The van der Waals surface area contributed by atoms with Crippen molar-refractivity contribution in [3.8, 4) is 0 Å². The van der Waals surface area contributed by atoms with Crippen molar-refractivity contribution in [2.45, 2.75) is 49.6 Å². The van der Waals surface area contributed by atoms with Crippen molar-refractivity contribution in [3.63, 3.8) is 0 Å². The molecule has 5 heteroatoms. The lowest BCUT2D eigenvalue weighted by Crippen LogP contribution is -2.16. The molecule has 0 aromatic carbocycles. The first-order valence-corrected chi connectivity index (χ1v) is 7.03. The Hall–Kier alpha value is -0.520. The lowest BCUT2D eigenvalue weighted by atomic mass is 10.2. The van der Waals surface area contributed by atoms with Crippen LogP contribution in [0.15, 0.2) is 5.03 Å². The monoisotopic (exact) mass is 255 g/mol. The minimum absolute atomic E-state index is 0.199. The van der Waals surface area contributed by atoms with Gasteiger partial charge in [-0.1, -0.05) is 6.92 Å². The van der Waals surface area contributed by atoms with E-state index in [4.69, 9.17) is 5.11 Å². The molecular weight excluding hydrogens is 234 g/mol. The van der Waals surface area contributed by atoms with E-state index in [1.807, 2.05) is 18.7 Å². The summed E-state index contributed by atoms with van der Waals surface area (Å²) in [6, 6.07) is 0.711. The van der Waals surface area contributed by atoms with Crippen LogP contribution < -0.4 is 5.32 Å². The van der Waals surface area contributed by atoms with Gasteiger partial charge in [-0.05, 0) is 19.8 Å². The summed E-state index contributed by atoms with van der Waals surface area (Å²) in [5, 5.41) is 18.5. The zero-order valence-electron chi connectivity index (χ0n) is 10.7. The van der Waals surface area contributed by atoms with Gasteiger partial charge in [-0.3, -0.25) is 4.68 Å². The summed E-state index contributed by atoms with van der Waals surface area (Å²) in [4.78, 5) is 0. The van der Waals surface area contributed by atoms with Crippen LogP contribution in [0.25, 0.3) is 0 Å². The van der Waals surface area contributed by atoms with E-state index in [-0.39, 0.29) is 11.9 Å². The van der Waals surface area contributed by atoms with Crippen LogP contribution in [0.2, 0.25) is 0 Å². The molecule has 0 aliphatic heterocycles. The highest BCUT2D eigenvalue weighted by Crippen LogP contribution is 2.29. The maximum absolute atomic E-state index is 9.15. The van der Waals surface area contributed by atoms with Crippen molar-refractivity contribution in [2.24, 2.45) is 7.05 Å². The van der Waals surface area contributed by atoms with Gasteiger partial charge < -0.3 is 10.4 Å². The van der Waals surface area contributed by atoms with E-state index < -0.39 is 0 Å². The summed E-state index contributed by atoms with van der Waals surface area (Å²) in [6.07, 6.45) is 2.60. The normalized spacial score (nSPS) is 17.4. The predicted octanol–water partition coefficient (Wildman–Crippen LogP) is 1.45. The van der Waals surface area contributed by atoms with Crippen LogP contribution >= 0.6 is 11.8 Å². The van der Waals surface area contributed by atoms with E-state index >= 15 is 0 Å². The number of aliphatic hydroxyl groups is 1. The highest BCUT2D eigenvalue weighted by atomic mass is 32.2. The van der Waals surface area contributed by atoms with Gasteiger partial charge in [0.1, 0.15) is 0 Å². The molecule has 17 heavy (non-hydrogen) atoms. The number of thioether (sulfide) groups is 1. The molecule has 96 valence electrons. The Morgan fingerprint density at radius 3 is 2.88 bits per heavy atom. The quantitative estimate of drug-likeness (QED) is 0.756. The summed E-state index contributed by atoms with van der Waals surface area (Å²) >= 11 is 1.70. The molecule has 1 heterocycles. The van der Waals surface area contributed by atoms with E-state index in [2.05, 4.69) is 17.3 Å². The number of nitrogens with one attached hydrogen (secondary N) is 1. The Morgan fingerprint density at radius 2 is 2.29 bits per heavy atom. The molecule has 0 radical (unpaired) electrons. The highest BCUT2D eigenvalue weighted by Gasteiger charge is 2.22. The van der Waals surface area contributed by atoms with Crippen molar-refractivity contribution in [1.29, 1.82) is 0 Å². The Bertz CT molecular complexity index is 387. The molecule has 0 amide bonds. The van der Waals surface area contributed by atoms with Gasteiger partial charge in [-0.15, -0.1) is 11.8 Å². The molecule has 1 fully saturated rings. The Labute approximate surface area is 107 Å². The number of aryl methyl sites for hydroxylation is 2. The predicted molar refractivity (Wildman–Crippen MR) is 70.2 cm³/mol. The molecule has 1 atom stereocenters. The minimum atomic E-state index is 0.199. The number of hydrogen-bond acceptors (Lipinski definition) is 4. The maximum atomic E-state index is 9.15. The Kier molecular flexibility index (Phi) is 4.12.